The summed E-state index contributed by atoms with van der Waals surface area (Å²) in [4.78, 5) is 28.4. The van der Waals surface area contributed by atoms with Gasteiger partial charge in [0.1, 0.15) is 6.23 Å². The first-order valence-corrected chi connectivity index (χ1v) is 6.42. The molecule has 2 rings (SSSR count). The van der Waals surface area contributed by atoms with Gasteiger partial charge in [0.05, 0.1) is 12.2 Å². The Hall–Kier alpha value is -2.21. The molecule has 6 heteroatoms. The average Bonchev–Trinajstić information content (AvgIpc) is 2.48. The van der Waals surface area contributed by atoms with E-state index in [9.17, 15) is 9.59 Å². The minimum atomic E-state index is -0.392. The molecule has 0 radical (unpaired) electrons. The lowest BCUT2D eigenvalue weighted by Gasteiger charge is -2.17. The Kier molecular flexibility index (Phi) is 4.47. The summed E-state index contributed by atoms with van der Waals surface area (Å²) in [6.45, 7) is 2.06. The fourth-order valence-electron chi connectivity index (χ4n) is 2.03. The van der Waals surface area contributed by atoms with E-state index >= 15 is 0 Å². The van der Waals surface area contributed by atoms with Crippen molar-refractivity contribution in [3.8, 4) is 0 Å². The van der Waals surface area contributed by atoms with Crippen molar-refractivity contribution in [3.05, 3.63) is 63.2 Å². The third-order valence-corrected chi connectivity index (χ3v) is 3.07. The van der Waals surface area contributed by atoms with Gasteiger partial charge < -0.3 is 4.74 Å². The van der Waals surface area contributed by atoms with E-state index in [-0.39, 0.29) is 18.3 Å². The zero-order chi connectivity index (χ0) is 14.5. The third-order valence-electron chi connectivity index (χ3n) is 3.07. The van der Waals surface area contributed by atoms with Gasteiger partial charge in [-0.05, 0) is 18.6 Å². The Labute approximate surface area is 116 Å². The van der Waals surface area contributed by atoms with Crippen LogP contribution >= 0.6 is 0 Å². The maximum atomic E-state index is 12.4. The molecule has 0 aliphatic heterocycles. The summed E-state index contributed by atoms with van der Waals surface area (Å²) in [6.07, 6.45) is 3.36. The van der Waals surface area contributed by atoms with Crippen LogP contribution in [0.5, 0.6) is 0 Å². The van der Waals surface area contributed by atoms with Crippen LogP contribution in [0.1, 0.15) is 25.3 Å². The predicted octanol–water partition coefficient (Wildman–Crippen LogP) is 1.01. The van der Waals surface area contributed by atoms with Gasteiger partial charge >= 0.3 is 5.69 Å². The molecular formula is C14H17N3O3. The molecule has 106 valence electrons. The van der Waals surface area contributed by atoms with E-state index in [4.69, 9.17) is 4.74 Å². The number of ether oxygens (including phenoxy) is 1. The first-order valence-electron chi connectivity index (χ1n) is 6.42. The molecule has 2 aromatic rings. The topological polar surface area (TPSA) is 66.1 Å². The van der Waals surface area contributed by atoms with E-state index in [0.29, 0.717) is 12.1 Å². The second-order valence-corrected chi connectivity index (χ2v) is 4.35. The van der Waals surface area contributed by atoms with Gasteiger partial charge in [-0.1, -0.05) is 13.0 Å². The molecule has 0 aromatic carbocycles. The molecule has 0 aliphatic carbocycles. The van der Waals surface area contributed by atoms with Crippen molar-refractivity contribution >= 4 is 0 Å². The smallest absolute Gasteiger partial charge is 0.333 e. The molecule has 6 nitrogen and oxygen atoms in total. The molecular weight excluding hydrogens is 258 g/mol. The van der Waals surface area contributed by atoms with Crippen LogP contribution in [0.4, 0.5) is 0 Å². The minimum Gasteiger partial charge on any atom is -0.361 e. The number of aromatic nitrogens is 3. The Morgan fingerprint density at radius 2 is 2.10 bits per heavy atom. The number of nitrogens with zero attached hydrogens (tertiary/aromatic N) is 3. The van der Waals surface area contributed by atoms with Gasteiger partial charge in [-0.25, -0.2) is 4.79 Å². The van der Waals surface area contributed by atoms with Crippen LogP contribution in [-0.2, 0) is 11.3 Å². The zero-order valence-electron chi connectivity index (χ0n) is 11.5. The monoisotopic (exact) mass is 275 g/mol. The third kappa shape index (κ3) is 2.85. The van der Waals surface area contributed by atoms with Crippen molar-refractivity contribution in [1.82, 2.24) is 14.1 Å². The SMILES string of the molecule is CCC(OC)n1ccc(=O)n(Cc2ccccn2)c1=O. The van der Waals surface area contributed by atoms with Gasteiger partial charge in [-0.15, -0.1) is 0 Å². The van der Waals surface area contributed by atoms with Crippen LogP contribution in [0.3, 0.4) is 0 Å². The normalized spacial score (nSPS) is 12.3. The predicted molar refractivity (Wildman–Crippen MR) is 74.6 cm³/mol. The Morgan fingerprint density at radius 3 is 2.70 bits per heavy atom. The summed E-state index contributed by atoms with van der Waals surface area (Å²) in [5, 5.41) is 0. The molecule has 0 N–H and O–H groups in total. The standard InChI is InChI=1S/C14H17N3O3/c1-3-13(20-2)16-9-7-12(18)17(14(16)19)10-11-6-4-5-8-15-11/h4-9,13H,3,10H2,1-2H3. The first kappa shape index (κ1) is 14.2. The van der Waals surface area contributed by atoms with Crippen LogP contribution in [0.25, 0.3) is 0 Å². The van der Waals surface area contributed by atoms with Gasteiger partial charge in [0.2, 0.25) is 0 Å². The number of methoxy groups -OCH3 is 1. The second-order valence-electron chi connectivity index (χ2n) is 4.35. The first-order chi connectivity index (χ1) is 9.67. The number of rotatable bonds is 5. The lowest BCUT2D eigenvalue weighted by Crippen LogP contribution is -2.41. The van der Waals surface area contributed by atoms with Gasteiger partial charge in [0, 0.05) is 25.6 Å². The molecule has 0 spiro atoms. The van der Waals surface area contributed by atoms with Crippen molar-refractivity contribution in [2.24, 2.45) is 0 Å². The molecule has 1 unspecified atom stereocenters. The maximum absolute atomic E-state index is 12.4. The highest BCUT2D eigenvalue weighted by Gasteiger charge is 2.12. The molecule has 0 fully saturated rings. The van der Waals surface area contributed by atoms with Gasteiger partial charge in [-0.2, -0.15) is 0 Å². The average molecular weight is 275 g/mol. The number of pyridine rings is 1. The van der Waals surface area contributed by atoms with Crippen molar-refractivity contribution in [2.75, 3.05) is 7.11 Å². The van der Waals surface area contributed by atoms with Crippen LogP contribution in [0.15, 0.2) is 46.2 Å². The second kappa shape index (κ2) is 6.29. The largest absolute Gasteiger partial charge is 0.361 e. The van der Waals surface area contributed by atoms with Gasteiger partial charge in [0.15, 0.2) is 0 Å². The van der Waals surface area contributed by atoms with Crippen LogP contribution < -0.4 is 11.2 Å². The van der Waals surface area contributed by atoms with Crippen molar-refractivity contribution in [1.29, 1.82) is 0 Å². The molecule has 2 heterocycles. The van der Waals surface area contributed by atoms with E-state index in [2.05, 4.69) is 4.98 Å². The summed E-state index contributed by atoms with van der Waals surface area (Å²) in [5.41, 5.74) is -0.0744. The summed E-state index contributed by atoms with van der Waals surface area (Å²) in [7, 11) is 1.54. The molecule has 0 amide bonds. The van der Waals surface area contributed by atoms with E-state index in [1.54, 1.807) is 18.3 Å². The Morgan fingerprint density at radius 1 is 1.30 bits per heavy atom. The van der Waals surface area contributed by atoms with E-state index in [1.807, 2.05) is 13.0 Å². The minimum absolute atomic E-state index is 0.152. The maximum Gasteiger partial charge on any atom is 0.333 e. The van der Waals surface area contributed by atoms with Gasteiger partial charge in [0.25, 0.3) is 5.56 Å². The zero-order valence-corrected chi connectivity index (χ0v) is 11.5. The molecule has 0 aliphatic rings. The molecule has 0 saturated heterocycles. The highest BCUT2D eigenvalue weighted by atomic mass is 16.5. The molecule has 2 aromatic heterocycles. The fraction of sp³-hybridized carbons (Fsp3) is 0.357. The van der Waals surface area contributed by atoms with E-state index < -0.39 is 5.69 Å². The Balaban J connectivity index is 2.45. The van der Waals surface area contributed by atoms with E-state index in [1.165, 1.54) is 23.9 Å². The Bertz CT molecular complexity index is 672. The lowest BCUT2D eigenvalue weighted by atomic mass is 10.3. The van der Waals surface area contributed by atoms with Crippen molar-refractivity contribution in [3.63, 3.8) is 0 Å². The number of hydrogen-bond acceptors (Lipinski definition) is 4. The van der Waals surface area contributed by atoms with Crippen LogP contribution in [-0.4, -0.2) is 21.2 Å². The molecule has 1 atom stereocenters. The fourth-order valence-corrected chi connectivity index (χ4v) is 2.03. The van der Waals surface area contributed by atoms with Crippen LogP contribution in [0, 0.1) is 0 Å². The summed E-state index contributed by atoms with van der Waals surface area (Å²) in [6, 6.07) is 6.75. The molecule has 0 bridgehead atoms. The summed E-state index contributed by atoms with van der Waals surface area (Å²) in [5.74, 6) is 0. The van der Waals surface area contributed by atoms with Crippen molar-refractivity contribution in [2.45, 2.75) is 26.1 Å². The van der Waals surface area contributed by atoms with Crippen molar-refractivity contribution < 1.29 is 4.74 Å². The molecule has 20 heavy (non-hydrogen) atoms. The lowest BCUT2D eigenvalue weighted by molar-refractivity contribution is 0.0358. The van der Waals surface area contributed by atoms with Crippen LogP contribution in [0.2, 0.25) is 0 Å². The highest BCUT2D eigenvalue weighted by Crippen LogP contribution is 2.07. The molecule has 0 saturated carbocycles. The number of hydrogen-bond donors (Lipinski definition) is 0. The highest BCUT2D eigenvalue weighted by molar-refractivity contribution is 5.04. The summed E-state index contributed by atoms with van der Waals surface area (Å²) >= 11 is 0. The summed E-state index contributed by atoms with van der Waals surface area (Å²) < 4.78 is 7.82. The van der Waals surface area contributed by atoms with Gasteiger partial charge in [-0.3, -0.25) is 18.9 Å². The quantitative estimate of drug-likeness (QED) is 0.816. The van der Waals surface area contributed by atoms with E-state index in [0.717, 1.165) is 4.57 Å².